The number of anilines is 1. The molecule has 1 aliphatic heterocycles. The zero-order valence-electron chi connectivity index (χ0n) is 22.0. The highest BCUT2D eigenvalue weighted by Gasteiger charge is 2.46. The van der Waals surface area contributed by atoms with Crippen LogP contribution < -0.4 is 9.64 Å². The van der Waals surface area contributed by atoms with Gasteiger partial charge >= 0.3 is 0 Å². The summed E-state index contributed by atoms with van der Waals surface area (Å²) in [6.07, 6.45) is 1.92. The molecule has 0 fully saturated rings. The van der Waals surface area contributed by atoms with Crippen molar-refractivity contribution in [2.24, 2.45) is 0 Å². The first-order chi connectivity index (χ1) is 18.2. The maximum Gasteiger partial charge on any atom is 0.296 e. The smallest absolute Gasteiger partial charge is 0.296 e. The van der Waals surface area contributed by atoms with Gasteiger partial charge in [0, 0.05) is 0 Å². The largest absolute Gasteiger partial charge is 0.503 e. The number of thiazole rings is 2. The van der Waals surface area contributed by atoms with Crippen LogP contribution in [0.5, 0.6) is 5.75 Å². The fraction of sp³-hybridized carbons (Fsp3) is 0.310. The van der Waals surface area contributed by atoms with Gasteiger partial charge in [0.2, 0.25) is 5.78 Å². The number of hydrogen-bond donors (Lipinski definition) is 1. The number of ether oxygens (including phenoxy) is 1. The number of benzene rings is 2. The molecule has 5 rings (SSSR count). The summed E-state index contributed by atoms with van der Waals surface area (Å²) in [4.78, 5) is 38.6. The first-order valence-electron chi connectivity index (χ1n) is 12.6. The molecule has 7 nitrogen and oxygen atoms in total. The topological polar surface area (TPSA) is 92.6 Å². The van der Waals surface area contributed by atoms with Gasteiger partial charge in [-0.3, -0.25) is 14.5 Å². The van der Waals surface area contributed by atoms with Crippen LogP contribution in [-0.2, 0) is 4.79 Å². The second-order valence-corrected chi connectivity index (χ2v) is 11.7. The van der Waals surface area contributed by atoms with E-state index in [0.29, 0.717) is 33.6 Å². The van der Waals surface area contributed by atoms with Crippen LogP contribution in [0.3, 0.4) is 0 Å². The zero-order chi connectivity index (χ0) is 27.1. The number of ketones is 1. The van der Waals surface area contributed by atoms with Crippen molar-refractivity contribution in [3.63, 3.8) is 0 Å². The molecule has 0 radical (unpaired) electrons. The molecule has 38 heavy (non-hydrogen) atoms. The Balaban J connectivity index is 1.66. The molecule has 2 aromatic carbocycles. The lowest BCUT2D eigenvalue weighted by Gasteiger charge is -2.24. The number of aliphatic hydroxyl groups excluding tert-OH is 1. The summed E-state index contributed by atoms with van der Waals surface area (Å²) in [6, 6.07) is 10.6. The standard InChI is InChI=1S/C29H29N3O4S2/c1-6-7-11-36-20-10-8-9-19(14-20)24-22(25(33)27-17(4)30-18(5)37-27)26(34)28(35)32(24)29-31-23-16(3)12-15(2)13-21(23)38-29/h8-10,12-14,24,34H,6-7,11H2,1-5H3. The molecule has 196 valence electrons. The van der Waals surface area contributed by atoms with Crippen molar-refractivity contribution in [2.75, 3.05) is 11.5 Å². The minimum atomic E-state index is -0.867. The number of unbranched alkanes of at least 4 members (excludes halogenated alkanes) is 1. The molecule has 3 heterocycles. The number of Topliss-reactive ketones (excluding diaryl/α,β-unsaturated/α-hetero) is 1. The van der Waals surface area contributed by atoms with Crippen LogP contribution in [0.4, 0.5) is 5.13 Å². The summed E-state index contributed by atoms with van der Waals surface area (Å²) >= 11 is 2.63. The van der Waals surface area contributed by atoms with Gasteiger partial charge < -0.3 is 9.84 Å². The number of aryl methyl sites for hydroxylation is 4. The van der Waals surface area contributed by atoms with Crippen molar-refractivity contribution < 1.29 is 19.4 Å². The fourth-order valence-electron chi connectivity index (χ4n) is 4.78. The molecule has 0 bridgehead atoms. The Kier molecular flexibility index (Phi) is 7.07. The molecule has 0 spiro atoms. The van der Waals surface area contributed by atoms with Crippen molar-refractivity contribution >= 4 is 49.7 Å². The lowest BCUT2D eigenvalue weighted by molar-refractivity contribution is -0.117. The Morgan fingerprint density at radius 1 is 1.11 bits per heavy atom. The summed E-state index contributed by atoms with van der Waals surface area (Å²) in [5.41, 5.74) is 4.16. The first-order valence-corrected chi connectivity index (χ1v) is 14.2. The average molecular weight is 548 g/mol. The highest BCUT2D eigenvalue weighted by Crippen LogP contribution is 2.45. The van der Waals surface area contributed by atoms with E-state index in [9.17, 15) is 14.7 Å². The highest BCUT2D eigenvalue weighted by molar-refractivity contribution is 7.22. The summed E-state index contributed by atoms with van der Waals surface area (Å²) in [6.45, 7) is 10.3. The second-order valence-electron chi connectivity index (χ2n) is 9.52. The number of aromatic nitrogens is 2. The summed E-state index contributed by atoms with van der Waals surface area (Å²) in [5.74, 6) is -0.975. The van der Waals surface area contributed by atoms with Gasteiger partial charge in [-0.25, -0.2) is 9.97 Å². The van der Waals surface area contributed by atoms with Crippen LogP contribution in [0, 0.1) is 27.7 Å². The Morgan fingerprint density at radius 2 is 1.89 bits per heavy atom. The number of rotatable bonds is 8. The van der Waals surface area contributed by atoms with Gasteiger partial charge in [0.15, 0.2) is 10.9 Å². The van der Waals surface area contributed by atoms with E-state index < -0.39 is 23.5 Å². The van der Waals surface area contributed by atoms with Gasteiger partial charge in [-0.2, -0.15) is 0 Å². The first kappa shape index (κ1) is 26.1. The molecule has 1 unspecified atom stereocenters. The number of nitrogens with zero attached hydrogens (tertiary/aromatic N) is 3. The van der Waals surface area contributed by atoms with Crippen molar-refractivity contribution in [1.29, 1.82) is 0 Å². The molecule has 9 heteroatoms. The highest BCUT2D eigenvalue weighted by atomic mass is 32.1. The van der Waals surface area contributed by atoms with Crippen LogP contribution in [-0.4, -0.2) is 33.4 Å². The lowest BCUT2D eigenvalue weighted by Crippen LogP contribution is -2.31. The number of aliphatic hydroxyl groups is 1. The van der Waals surface area contributed by atoms with Gasteiger partial charge in [-0.1, -0.05) is 42.9 Å². The van der Waals surface area contributed by atoms with Crippen molar-refractivity contribution in [2.45, 2.75) is 53.5 Å². The summed E-state index contributed by atoms with van der Waals surface area (Å²) in [7, 11) is 0. The van der Waals surface area contributed by atoms with Crippen LogP contribution in [0.1, 0.15) is 62.9 Å². The lowest BCUT2D eigenvalue weighted by atomic mass is 9.95. The molecule has 2 aromatic heterocycles. The third kappa shape index (κ3) is 4.61. The van der Waals surface area contributed by atoms with Crippen molar-refractivity contribution in [3.8, 4) is 5.75 Å². The third-order valence-corrected chi connectivity index (χ3v) is 8.60. The van der Waals surface area contributed by atoms with Crippen molar-refractivity contribution in [3.05, 3.63) is 80.0 Å². The minimum absolute atomic E-state index is 0.0274. The predicted octanol–water partition coefficient (Wildman–Crippen LogP) is 6.95. The maximum atomic E-state index is 13.9. The van der Waals surface area contributed by atoms with Gasteiger partial charge in [0.25, 0.3) is 5.91 Å². The number of amides is 1. The molecule has 0 aliphatic carbocycles. The molecule has 4 aromatic rings. The monoisotopic (exact) mass is 547 g/mol. The van der Waals surface area contributed by atoms with E-state index in [1.54, 1.807) is 6.92 Å². The average Bonchev–Trinajstić information content (AvgIpc) is 3.52. The van der Waals surface area contributed by atoms with E-state index in [1.165, 1.54) is 27.6 Å². The molecule has 1 aliphatic rings. The molecular weight excluding hydrogens is 518 g/mol. The molecule has 0 saturated heterocycles. The van der Waals surface area contributed by atoms with Crippen LogP contribution in [0.2, 0.25) is 0 Å². The summed E-state index contributed by atoms with van der Waals surface area (Å²) < 4.78 is 6.87. The molecule has 0 saturated carbocycles. The zero-order valence-corrected chi connectivity index (χ0v) is 23.6. The molecule has 1 amide bonds. The summed E-state index contributed by atoms with van der Waals surface area (Å²) in [5, 5.41) is 12.3. The van der Waals surface area contributed by atoms with E-state index >= 15 is 0 Å². The Hall–Kier alpha value is -3.56. The minimum Gasteiger partial charge on any atom is -0.503 e. The Morgan fingerprint density at radius 3 is 2.61 bits per heavy atom. The van der Waals surface area contributed by atoms with Gasteiger partial charge in [-0.05, 0) is 69.0 Å². The Labute approximate surface area is 229 Å². The van der Waals surface area contributed by atoms with Crippen molar-refractivity contribution in [1.82, 2.24) is 9.97 Å². The van der Waals surface area contributed by atoms with E-state index in [1.807, 2.05) is 57.2 Å². The molecular formula is C29H29N3O4S2. The SMILES string of the molecule is CCCCOc1cccc(C2C(C(=O)c3sc(C)nc3C)=C(O)C(=O)N2c2nc3c(C)cc(C)cc3s2)c1. The van der Waals surface area contributed by atoms with Gasteiger partial charge in [0.1, 0.15) is 5.75 Å². The van der Waals surface area contributed by atoms with Crippen LogP contribution in [0.25, 0.3) is 10.2 Å². The van der Waals surface area contributed by atoms with E-state index in [-0.39, 0.29) is 5.57 Å². The Bertz CT molecular complexity index is 1600. The maximum absolute atomic E-state index is 13.9. The predicted molar refractivity (Wildman–Crippen MR) is 152 cm³/mol. The van der Waals surface area contributed by atoms with Gasteiger partial charge in [0.05, 0.1) is 44.0 Å². The normalized spacial score (nSPS) is 15.7. The third-order valence-electron chi connectivity index (χ3n) is 6.53. The number of carbonyl (C=O) groups is 2. The van der Waals surface area contributed by atoms with E-state index in [0.717, 1.165) is 39.2 Å². The number of hydrogen-bond acceptors (Lipinski definition) is 8. The van der Waals surface area contributed by atoms with Gasteiger partial charge in [-0.15, -0.1) is 11.3 Å². The van der Waals surface area contributed by atoms with E-state index in [2.05, 4.69) is 11.9 Å². The number of carbonyl (C=O) groups excluding carboxylic acids is 2. The van der Waals surface area contributed by atoms with Crippen LogP contribution >= 0.6 is 22.7 Å². The van der Waals surface area contributed by atoms with E-state index in [4.69, 9.17) is 9.72 Å². The quantitative estimate of drug-likeness (QED) is 0.190. The number of fused-ring (bicyclic) bond motifs is 1. The fourth-order valence-corrected chi connectivity index (χ4v) is 6.83. The second kappa shape index (κ2) is 10.3. The molecule has 1 N–H and O–H groups in total. The molecule has 1 atom stereocenters. The van der Waals surface area contributed by atoms with Crippen LogP contribution in [0.15, 0.2) is 47.7 Å².